The molecule has 0 unspecified atom stereocenters. The van der Waals surface area contributed by atoms with E-state index in [0.29, 0.717) is 46.4 Å². The van der Waals surface area contributed by atoms with Crippen molar-refractivity contribution in [3.8, 4) is 22.5 Å². The molecule has 6 rings (SSSR count). The molecule has 2 N–H and O–H groups in total. The number of aromatic nitrogens is 5. The Bertz CT molecular complexity index is 2220. The number of hydrogen-bond acceptors (Lipinski definition) is 11. The molecule has 49 heavy (non-hydrogen) atoms. The van der Waals surface area contributed by atoms with Crippen molar-refractivity contribution in [1.82, 2.24) is 24.5 Å². The Morgan fingerprint density at radius 3 is 1.67 bits per heavy atom. The van der Waals surface area contributed by atoms with Gasteiger partial charge in [-0.3, -0.25) is 24.2 Å². The molecular weight excluding hydrogens is 682 g/mol. The number of aryl methyl sites for hydroxylation is 2. The van der Waals surface area contributed by atoms with Crippen molar-refractivity contribution < 1.29 is 9.59 Å². The fourth-order valence-corrected chi connectivity index (χ4v) is 6.45. The van der Waals surface area contributed by atoms with Gasteiger partial charge in [-0.1, -0.05) is 17.7 Å². The SMILES string of the molecule is CCn1nc(-c2ccsc2)c(C(C)=O)c(Nc2cccc(Cl)c2)c1=O.CCn1nc(-c2ccsc2)c(C(C)=O)c(Nc2cccnc2)c1=O. The van der Waals surface area contributed by atoms with Gasteiger partial charge in [-0.15, -0.1) is 0 Å². The van der Waals surface area contributed by atoms with E-state index >= 15 is 0 Å². The van der Waals surface area contributed by atoms with Crippen molar-refractivity contribution in [2.24, 2.45) is 0 Å². The summed E-state index contributed by atoms with van der Waals surface area (Å²) in [7, 11) is 0. The summed E-state index contributed by atoms with van der Waals surface area (Å²) in [5.41, 5.74) is 4.28. The van der Waals surface area contributed by atoms with Crippen LogP contribution in [0.15, 0.2) is 92.0 Å². The van der Waals surface area contributed by atoms with Gasteiger partial charge < -0.3 is 10.6 Å². The zero-order chi connectivity index (χ0) is 35.1. The summed E-state index contributed by atoms with van der Waals surface area (Å²) in [5, 5.41) is 23.1. The van der Waals surface area contributed by atoms with Gasteiger partial charge in [0.15, 0.2) is 11.6 Å². The van der Waals surface area contributed by atoms with Crippen LogP contribution >= 0.6 is 34.3 Å². The first kappa shape index (κ1) is 35.1. The lowest BCUT2D eigenvalue weighted by Gasteiger charge is -2.15. The summed E-state index contributed by atoms with van der Waals surface area (Å²) < 4.78 is 2.71. The molecule has 0 saturated carbocycles. The molecule has 5 heterocycles. The van der Waals surface area contributed by atoms with E-state index in [1.807, 2.05) is 47.5 Å². The van der Waals surface area contributed by atoms with E-state index in [9.17, 15) is 19.2 Å². The maximum atomic E-state index is 12.8. The zero-order valence-electron chi connectivity index (χ0n) is 27.1. The highest BCUT2D eigenvalue weighted by atomic mass is 35.5. The number of rotatable bonds is 10. The number of halogens is 1. The van der Waals surface area contributed by atoms with E-state index in [1.54, 1.807) is 48.8 Å². The number of pyridine rings is 1. The van der Waals surface area contributed by atoms with Gasteiger partial charge in [-0.2, -0.15) is 32.9 Å². The third kappa shape index (κ3) is 7.91. The van der Waals surface area contributed by atoms with Crippen LogP contribution in [0.4, 0.5) is 22.7 Å². The van der Waals surface area contributed by atoms with Gasteiger partial charge in [0.05, 0.1) is 23.0 Å². The normalized spacial score (nSPS) is 10.6. The van der Waals surface area contributed by atoms with E-state index in [0.717, 1.165) is 11.1 Å². The number of hydrogen-bond donors (Lipinski definition) is 2. The quantitative estimate of drug-likeness (QED) is 0.135. The molecule has 14 heteroatoms. The number of thiophene rings is 2. The van der Waals surface area contributed by atoms with Crippen LogP contribution in [0.1, 0.15) is 48.4 Å². The highest BCUT2D eigenvalue weighted by molar-refractivity contribution is 7.08. The van der Waals surface area contributed by atoms with Crippen molar-refractivity contribution in [1.29, 1.82) is 0 Å². The minimum Gasteiger partial charge on any atom is -0.350 e. The van der Waals surface area contributed by atoms with Crippen molar-refractivity contribution in [2.45, 2.75) is 40.8 Å². The molecule has 0 amide bonds. The predicted molar refractivity (Wildman–Crippen MR) is 197 cm³/mol. The van der Waals surface area contributed by atoms with Gasteiger partial charge in [0, 0.05) is 51.9 Å². The average Bonchev–Trinajstić information content (AvgIpc) is 3.83. The average molecular weight is 714 g/mol. The minimum atomic E-state index is -0.341. The Hall–Kier alpha value is -5.24. The molecule has 0 aliphatic carbocycles. The fourth-order valence-electron chi connectivity index (χ4n) is 4.98. The van der Waals surface area contributed by atoms with E-state index in [4.69, 9.17) is 11.6 Å². The maximum Gasteiger partial charge on any atom is 0.291 e. The predicted octanol–water partition coefficient (Wildman–Crippen LogP) is 7.92. The van der Waals surface area contributed by atoms with Crippen LogP contribution in [0, 0.1) is 0 Å². The van der Waals surface area contributed by atoms with Crippen LogP contribution < -0.4 is 21.8 Å². The summed E-state index contributed by atoms with van der Waals surface area (Å²) in [6, 6.07) is 14.3. The third-order valence-corrected chi connectivity index (χ3v) is 8.83. The first-order valence-electron chi connectivity index (χ1n) is 15.2. The van der Waals surface area contributed by atoms with E-state index in [2.05, 4.69) is 25.8 Å². The molecule has 0 aliphatic rings. The van der Waals surface area contributed by atoms with Gasteiger partial charge in [-0.25, -0.2) is 9.36 Å². The van der Waals surface area contributed by atoms with E-state index in [-0.39, 0.29) is 39.6 Å². The lowest BCUT2D eigenvalue weighted by Crippen LogP contribution is -2.28. The topological polar surface area (TPSA) is 141 Å². The largest absolute Gasteiger partial charge is 0.350 e. The second-order valence-corrected chi connectivity index (χ2v) is 12.6. The minimum absolute atomic E-state index is 0.213. The van der Waals surface area contributed by atoms with E-state index in [1.165, 1.54) is 45.9 Å². The van der Waals surface area contributed by atoms with Crippen LogP contribution in [-0.4, -0.2) is 36.1 Å². The number of nitrogens with one attached hydrogen (secondary N) is 2. The summed E-state index contributed by atoms with van der Waals surface area (Å²) >= 11 is 9.04. The second-order valence-electron chi connectivity index (χ2n) is 10.6. The number of carbonyl (C=O) groups excluding carboxylic acids is 2. The Labute approximate surface area is 294 Å². The van der Waals surface area contributed by atoms with Gasteiger partial charge in [0.1, 0.15) is 22.8 Å². The van der Waals surface area contributed by atoms with Crippen molar-refractivity contribution in [3.63, 3.8) is 0 Å². The Balaban J connectivity index is 0.000000191. The van der Waals surface area contributed by atoms with Gasteiger partial charge in [0.2, 0.25) is 0 Å². The lowest BCUT2D eigenvalue weighted by molar-refractivity contribution is 0.101. The Morgan fingerprint density at radius 1 is 0.755 bits per heavy atom. The van der Waals surface area contributed by atoms with Gasteiger partial charge in [-0.05, 0) is 80.9 Å². The molecule has 0 radical (unpaired) electrons. The van der Waals surface area contributed by atoms with Crippen LogP contribution in [0.2, 0.25) is 5.02 Å². The molecule has 0 aliphatic heterocycles. The molecule has 5 aromatic heterocycles. The molecule has 0 atom stereocenters. The van der Waals surface area contributed by atoms with Crippen molar-refractivity contribution in [2.75, 3.05) is 10.6 Å². The Kier molecular flexibility index (Phi) is 11.3. The summed E-state index contributed by atoms with van der Waals surface area (Å²) in [6.45, 7) is 7.37. The van der Waals surface area contributed by atoms with Crippen molar-refractivity contribution in [3.05, 3.63) is 119 Å². The highest BCUT2D eigenvalue weighted by Crippen LogP contribution is 2.30. The molecule has 11 nitrogen and oxygen atoms in total. The van der Waals surface area contributed by atoms with Crippen LogP contribution in [0.3, 0.4) is 0 Å². The third-order valence-electron chi connectivity index (χ3n) is 7.23. The molecule has 0 bridgehead atoms. The number of Topliss-reactive ketones (excluding diaryl/α,β-unsaturated/α-hetero) is 2. The van der Waals surface area contributed by atoms with E-state index < -0.39 is 0 Å². The monoisotopic (exact) mass is 713 g/mol. The van der Waals surface area contributed by atoms with Crippen LogP contribution in [0.5, 0.6) is 0 Å². The van der Waals surface area contributed by atoms with Crippen molar-refractivity contribution >= 4 is 68.6 Å². The van der Waals surface area contributed by atoms with Crippen LogP contribution in [-0.2, 0) is 13.1 Å². The number of ketones is 2. The molecule has 1 aromatic carbocycles. The first-order valence-corrected chi connectivity index (χ1v) is 17.5. The molecule has 6 aromatic rings. The fraction of sp³-hybridized carbons (Fsp3) is 0.171. The summed E-state index contributed by atoms with van der Waals surface area (Å²) in [6.07, 6.45) is 3.25. The molecular formula is C35H32ClN7O4S2. The highest BCUT2D eigenvalue weighted by Gasteiger charge is 2.23. The maximum absolute atomic E-state index is 12.8. The van der Waals surface area contributed by atoms with Gasteiger partial charge in [0.25, 0.3) is 11.1 Å². The standard InChI is InChI=1S/C18H16ClN3O2S.C17H16N4O2S/c1-3-22-18(24)17(20-14-6-4-5-13(19)9-14)15(11(2)23)16(21-22)12-7-8-25-10-12;1-3-21-17(23)16(19-13-5-4-7-18-9-13)14(11(2)22)15(20-21)12-6-8-24-10-12/h4-10,20H,3H2,1-2H3;4-10,19H,3H2,1-2H3. The lowest BCUT2D eigenvalue weighted by atomic mass is 10.0. The molecule has 0 saturated heterocycles. The summed E-state index contributed by atoms with van der Waals surface area (Å²) in [4.78, 5) is 54.2. The molecule has 0 spiro atoms. The molecule has 0 fully saturated rings. The summed E-state index contributed by atoms with van der Waals surface area (Å²) in [5.74, 6) is -0.436. The number of carbonyl (C=O) groups is 2. The number of anilines is 4. The number of benzene rings is 1. The first-order chi connectivity index (χ1) is 23.6. The Morgan fingerprint density at radius 2 is 1.27 bits per heavy atom. The second kappa shape index (κ2) is 15.8. The van der Waals surface area contributed by atoms with Gasteiger partial charge >= 0.3 is 0 Å². The molecule has 250 valence electrons. The number of nitrogens with zero attached hydrogens (tertiary/aromatic N) is 5. The smallest absolute Gasteiger partial charge is 0.291 e. The van der Waals surface area contributed by atoms with Crippen LogP contribution in [0.25, 0.3) is 22.5 Å². The zero-order valence-corrected chi connectivity index (χ0v) is 29.4.